The van der Waals surface area contributed by atoms with Gasteiger partial charge in [0.05, 0.1) is 24.5 Å². The number of hydrogen-bond acceptors (Lipinski definition) is 4. The van der Waals surface area contributed by atoms with Crippen molar-refractivity contribution in [1.29, 1.82) is 0 Å². The first kappa shape index (κ1) is 29.0. The predicted molar refractivity (Wildman–Crippen MR) is 147 cm³/mol. The maximum atomic E-state index is 12.9. The fourth-order valence-electron chi connectivity index (χ4n) is 4.88. The van der Waals surface area contributed by atoms with Crippen molar-refractivity contribution in [3.8, 4) is 11.5 Å². The van der Waals surface area contributed by atoms with Gasteiger partial charge in [-0.15, -0.1) is 0 Å². The molecule has 1 saturated heterocycles. The first-order chi connectivity index (χ1) is 19.1. The van der Waals surface area contributed by atoms with E-state index in [4.69, 9.17) is 4.74 Å². The Balaban J connectivity index is 1.28. The number of amides is 2. The number of halogens is 3. The number of anilines is 1. The van der Waals surface area contributed by atoms with Gasteiger partial charge >= 0.3 is 6.18 Å². The Labute approximate surface area is 231 Å². The number of carbonyl (C=O) groups excluding carboxylic acids is 2. The molecule has 1 fully saturated rings. The van der Waals surface area contributed by atoms with Crippen molar-refractivity contribution in [3.63, 3.8) is 0 Å². The minimum Gasteiger partial charge on any atom is -0.504 e. The molecule has 2 N–H and O–H groups in total. The average molecular weight is 555 g/mol. The second-order valence-corrected chi connectivity index (χ2v) is 10.00. The van der Waals surface area contributed by atoms with Crippen LogP contribution in [0.4, 0.5) is 18.9 Å². The topological polar surface area (TPSA) is 78.9 Å². The lowest BCUT2D eigenvalue weighted by Gasteiger charge is -2.32. The van der Waals surface area contributed by atoms with Gasteiger partial charge < -0.3 is 20.1 Å². The fourth-order valence-corrected chi connectivity index (χ4v) is 4.88. The summed E-state index contributed by atoms with van der Waals surface area (Å²) >= 11 is 0. The first-order valence-corrected chi connectivity index (χ1v) is 13.4. The van der Waals surface area contributed by atoms with Gasteiger partial charge in [0.1, 0.15) is 0 Å². The third kappa shape index (κ3) is 6.94. The molecule has 2 amide bonds. The molecule has 212 valence electrons. The van der Waals surface area contributed by atoms with E-state index in [0.717, 1.165) is 25.3 Å². The van der Waals surface area contributed by atoms with Gasteiger partial charge in [-0.05, 0) is 73.6 Å². The zero-order valence-electron chi connectivity index (χ0n) is 22.5. The number of hydrogen-bond donors (Lipinski definition) is 2. The van der Waals surface area contributed by atoms with Crippen molar-refractivity contribution in [2.45, 2.75) is 51.1 Å². The number of piperidine rings is 1. The Morgan fingerprint density at radius 1 is 1.02 bits per heavy atom. The number of phenolic OH excluding ortho intramolecular Hbond substituents is 1. The van der Waals surface area contributed by atoms with Crippen LogP contribution in [0, 0.1) is 0 Å². The van der Waals surface area contributed by atoms with Gasteiger partial charge in [-0.3, -0.25) is 9.59 Å². The normalized spacial score (nSPS) is 15.0. The SMILES string of the molecule is CCOc1cccc(C(=O)Nc2ccc(C3CCN(C(=O)Cc4ccc(C(C)C(F)(F)F)cc4)CC3)cc2)c1O. The van der Waals surface area contributed by atoms with E-state index in [2.05, 4.69) is 5.32 Å². The highest BCUT2D eigenvalue weighted by Gasteiger charge is 2.36. The van der Waals surface area contributed by atoms with Crippen LogP contribution >= 0.6 is 0 Å². The molecule has 1 heterocycles. The van der Waals surface area contributed by atoms with Crippen LogP contribution < -0.4 is 10.1 Å². The number of nitrogens with zero attached hydrogens (tertiary/aromatic N) is 1. The molecule has 0 aliphatic carbocycles. The van der Waals surface area contributed by atoms with Gasteiger partial charge in [0, 0.05) is 18.8 Å². The Hall–Kier alpha value is -4.01. The number of para-hydroxylation sites is 1. The maximum Gasteiger partial charge on any atom is 0.395 e. The molecule has 40 heavy (non-hydrogen) atoms. The summed E-state index contributed by atoms with van der Waals surface area (Å²) in [5.41, 5.74) is 2.71. The zero-order chi connectivity index (χ0) is 28.9. The van der Waals surface area contributed by atoms with Gasteiger partial charge in [0.15, 0.2) is 11.5 Å². The van der Waals surface area contributed by atoms with Crippen LogP contribution in [-0.4, -0.2) is 47.7 Å². The van der Waals surface area contributed by atoms with E-state index in [1.165, 1.54) is 18.2 Å². The number of aromatic hydroxyl groups is 1. The first-order valence-electron chi connectivity index (χ1n) is 13.4. The average Bonchev–Trinajstić information content (AvgIpc) is 2.94. The van der Waals surface area contributed by atoms with E-state index in [1.54, 1.807) is 36.1 Å². The van der Waals surface area contributed by atoms with Gasteiger partial charge in [-0.25, -0.2) is 0 Å². The molecule has 0 bridgehead atoms. The summed E-state index contributed by atoms with van der Waals surface area (Å²) in [6.45, 7) is 4.49. The standard InChI is InChI=1S/C31H33F3N2O4/c1-3-40-27-6-4-5-26(29(27)38)30(39)35-25-13-11-23(12-14-25)24-15-17-36(18-16-24)28(37)19-21-7-9-22(10-8-21)20(2)31(32,33)34/h4-14,20,24,38H,3,15-19H2,1-2H3,(H,35,39). The van der Waals surface area contributed by atoms with Crippen LogP contribution in [0.5, 0.6) is 11.5 Å². The van der Waals surface area contributed by atoms with Crippen LogP contribution in [0.15, 0.2) is 66.7 Å². The van der Waals surface area contributed by atoms with Gasteiger partial charge in [0.25, 0.3) is 5.91 Å². The third-order valence-electron chi connectivity index (χ3n) is 7.36. The largest absolute Gasteiger partial charge is 0.504 e. The van der Waals surface area contributed by atoms with Crippen LogP contribution in [0.1, 0.15) is 65.6 Å². The molecule has 1 aliphatic rings. The molecule has 3 aromatic carbocycles. The fraction of sp³-hybridized carbons (Fsp3) is 0.355. The maximum absolute atomic E-state index is 12.9. The van der Waals surface area contributed by atoms with Crippen molar-refractivity contribution in [2.75, 3.05) is 25.0 Å². The van der Waals surface area contributed by atoms with Crippen LogP contribution in [-0.2, 0) is 11.2 Å². The predicted octanol–water partition coefficient (Wildman–Crippen LogP) is 6.66. The van der Waals surface area contributed by atoms with Crippen LogP contribution in [0.25, 0.3) is 0 Å². The molecular formula is C31H33F3N2O4. The molecule has 6 nitrogen and oxygen atoms in total. The number of phenols is 1. The van der Waals surface area contributed by atoms with E-state index in [9.17, 15) is 27.9 Å². The van der Waals surface area contributed by atoms with Crippen LogP contribution in [0.3, 0.4) is 0 Å². The number of likely N-dealkylation sites (tertiary alicyclic amines) is 1. The molecule has 3 aromatic rings. The number of rotatable bonds is 8. The van der Waals surface area contributed by atoms with Crippen molar-refractivity contribution in [2.24, 2.45) is 0 Å². The molecule has 4 rings (SSSR count). The molecule has 0 saturated carbocycles. The lowest BCUT2D eigenvalue weighted by atomic mass is 9.89. The highest BCUT2D eigenvalue weighted by atomic mass is 19.4. The number of alkyl halides is 3. The quantitative estimate of drug-likeness (QED) is 0.327. The van der Waals surface area contributed by atoms with Gasteiger partial charge in [-0.1, -0.05) is 42.5 Å². The summed E-state index contributed by atoms with van der Waals surface area (Å²) in [5.74, 6) is -1.71. The van der Waals surface area contributed by atoms with Gasteiger partial charge in [0.2, 0.25) is 5.91 Å². The molecular weight excluding hydrogens is 521 g/mol. The summed E-state index contributed by atoms with van der Waals surface area (Å²) in [7, 11) is 0. The summed E-state index contributed by atoms with van der Waals surface area (Å²) in [6.07, 6.45) is -2.56. The van der Waals surface area contributed by atoms with E-state index in [0.29, 0.717) is 30.9 Å². The molecule has 9 heteroatoms. The second kappa shape index (κ2) is 12.4. The zero-order valence-corrected chi connectivity index (χ0v) is 22.5. The third-order valence-corrected chi connectivity index (χ3v) is 7.36. The number of benzene rings is 3. The highest BCUT2D eigenvalue weighted by Crippen LogP contribution is 2.35. The Morgan fingerprint density at radius 2 is 1.68 bits per heavy atom. The summed E-state index contributed by atoms with van der Waals surface area (Å²) in [4.78, 5) is 27.3. The van der Waals surface area contributed by atoms with E-state index >= 15 is 0 Å². The van der Waals surface area contributed by atoms with E-state index in [1.807, 2.05) is 24.3 Å². The molecule has 1 unspecified atom stereocenters. The van der Waals surface area contributed by atoms with E-state index < -0.39 is 18.0 Å². The number of ether oxygens (including phenoxy) is 1. The minimum absolute atomic E-state index is 0.0372. The smallest absolute Gasteiger partial charge is 0.395 e. The van der Waals surface area contributed by atoms with Crippen LogP contribution in [0.2, 0.25) is 0 Å². The summed E-state index contributed by atoms with van der Waals surface area (Å²) < 4.78 is 44.1. The molecule has 0 spiro atoms. The second-order valence-electron chi connectivity index (χ2n) is 10.00. The van der Waals surface area contributed by atoms with Gasteiger partial charge in [-0.2, -0.15) is 13.2 Å². The van der Waals surface area contributed by atoms with Crippen molar-refractivity contribution < 1.29 is 32.6 Å². The number of carbonyl (C=O) groups is 2. The molecule has 0 radical (unpaired) electrons. The Kier molecular flexibility index (Phi) is 9.02. The Morgan fingerprint density at radius 3 is 2.27 bits per heavy atom. The summed E-state index contributed by atoms with van der Waals surface area (Å²) in [6, 6.07) is 18.4. The van der Waals surface area contributed by atoms with Crippen molar-refractivity contribution in [3.05, 3.63) is 89.0 Å². The molecule has 1 aliphatic heterocycles. The molecule has 1 atom stereocenters. The van der Waals surface area contributed by atoms with Crippen molar-refractivity contribution in [1.82, 2.24) is 4.90 Å². The minimum atomic E-state index is -4.30. The lowest BCUT2D eigenvalue weighted by Crippen LogP contribution is -2.38. The monoisotopic (exact) mass is 554 g/mol. The van der Waals surface area contributed by atoms with Crippen molar-refractivity contribution >= 4 is 17.5 Å². The highest BCUT2D eigenvalue weighted by molar-refractivity contribution is 6.06. The van der Waals surface area contributed by atoms with E-state index in [-0.39, 0.29) is 40.9 Å². The number of nitrogens with one attached hydrogen (secondary N) is 1. The molecule has 0 aromatic heterocycles. The lowest BCUT2D eigenvalue weighted by molar-refractivity contribution is -0.146. The summed E-state index contributed by atoms with van der Waals surface area (Å²) in [5, 5.41) is 13.1. The Bertz CT molecular complexity index is 1320.